The average Bonchev–Trinajstić information content (AvgIpc) is 3.17. The summed E-state index contributed by atoms with van der Waals surface area (Å²) in [5, 5.41) is 42.7. The van der Waals surface area contributed by atoms with Crippen LogP contribution in [0.5, 0.6) is 23.0 Å². The molecule has 0 N–H and O–H groups in total. The fourth-order valence-electron chi connectivity index (χ4n) is 4.18. The lowest BCUT2D eigenvalue weighted by Crippen LogP contribution is -2.26. The topological polar surface area (TPSA) is 312 Å². The first-order chi connectivity index (χ1) is 27.9. The van der Waals surface area contributed by atoms with Crippen molar-refractivity contribution in [3.05, 3.63) is 136 Å². The molecule has 312 valence electrons. The molecule has 0 saturated heterocycles. The van der Waals surface area contributed by atoms with E-state index < -0.39 is 113 Å². The molecule has 0 heterocycles. The quantitative estimate of drug-likeness (QED) is 0.0351. The van der Waals surface area contributed by atoms with Gasteiger partial charge in [0, 0.05) is 48.5 Å². The summed E-state index contributed by atoms with van der Waals surface area (Å²) in [6, 6.07) is 7.37. The van der Waals surface area contributed by atoms with E-state index in [-0.39, 0.29) is 35.8 Å². The predicted octanol–water partition coefficient (Wildman–Crippen LogP) is 5.69. The smallest absolute Gasteiger partial charge is 0.418 e. The highest BCUT2D eigenvalue weighted by atomic mass is 19.4. The van der Waals surface area contributed by atoms with E-state index in [0.717, 1.165) is 36.4 Å². The summed E-state index contributed by atoms with van der Waals surface area (Å²) >= 11 is 0. The molecule has 22 nitrogen and oxygen atoms in total. The van der Waals surface area contributed by atoms with Crippen LogP contribution in [0.3, 0.4) is 0 Å². The number of alkyl halides is 6. The summed E-state index contributed by atoms with van der Waals surface area (Å²) in [6.45, 7) is 0. The highest BCUT2D eigenvalue weighted by molar-refractivity contribution is 6.31. The Morgan fingerprint density at radius 1 is 0.467 bits per heavy atom. The van der Waals surface area contributed by atoms with Crippen molar-refractivity contribution in [1.29, 1.82) is 0 Å². The van der Waals surface area contributed by atoms with Crippen molar-refractivity contribution in [3.63, 3.8) is 0 Å². The summed E-state index contributed by atoms with van der Waals surface area (Å²) < 4.78 is 95.5. The minimum absolute atomic E-state index is 0.0525. The normalized spacial score (nSPS) is 10.8. The molecule has 0 aromatic heterocycles. The molecule has 0 unspecified atom stereocenters. The number of nitro groups is 4. The molecule has 0 aliphatic rings. The predicted molar refractivity (Wildman–Crippen MR) is 176 cm³/mol. The van der Waals surface area contributed by atoms with Crippen LogP contribution >= 0.6 is 0 Å². The number of rotatable bonds is 10. The summed E-state index contributed by atoms with van der Waals surface area (Å²) in [5.74, 6) is -9.92. The van der Waals surface area contributed by atoms with E-state index in [0.29, 0.717) is 24.3 Å². The second-order valence-corrected chi connectivity index (χ2v) is 10.6. The van der Waals surface area contributed by atoms with Gasteiger partial charge in [-0.1, -0.05) is 0 Å². The van der Waals surface area contributed by atoms with E-state index >= 15 is 0 Å². The highest BCUT2D eigenvalue weighted by Crippen LogP contribution is 2.39. The first-order valence-corrected chi connectivity index (χ1v) is 14.9. The largest absolute Gasteiger partial charge is 0.423 e. The van der Waals surface area contributed by atoms with Crippen LogP contribution in [0.1, 0.15) is 31.8 Å². The highest BCUT2D eigenvalue weighted by Gasteiger charge is 2.40. The number of ether oxygens (including phenoxy) is 4. The summed E-state index contributed by atoms with van der Waals surface area (Å²) in [4.78, 5) is 108. The van der Waals surface area contributed by atoms with Gasteiger partial charge < -0.3 is 18.9 Å². The van der Waals surface area contributed by atoms with Crippen molar-refractivity contribution < 1.29 is 93.8 Å². The zero-order valence-electron chi connectivity index (χ0n) is 28.5. The van der Waals surface area contributed by atoms with E-state index in [1.165, 1.54) is 0 Å². The number of esters is 4. The van der Waals surface area contributed by atoms with Gasteiger partial charge in [0.2, 0.25) is 0 Å². The fraction of sp³-hybridized carbons (Fsp3) is 0.0625. The number of carbonyl (C=O) groups is 6. The van der Waals surface area contributed by atoms with Crippen molar-refractivity contribution in [2.45, 2.75) is 12.4 Å². The molecule has 0 aliphatic carbocycles. The summed E-state index contributed by atoms with van der Waals surface area (Å²) in [7, 11) is 0. The van der Waals surface area contributed by atoms with Crippen LogP contribution in [-0.2, 0) is 31.5 Å². The zero-order valence-corrected chi connectivity index (χ0v) is 28.5. The molecule has 0 radical (unpaired) electrons. The van der Waals surface area contributed by atoms with Crippen LogP contribution in [0.25, 0.3) is 0 Å². The molecule has 0 spiro atoms. The van der Waals surface area contributed by atoms with Crippen LogP contribution in [0.4, 0.5) is 49.1 Å². The van der Waals surface area contributed by atoms with Crippen molar-refractivity contribution in [2.75, 3.05) is 0 Å². The first kappa shape index (κ1) is 45.7. The minimum atomic E-state index is -5.22. The molecule has 28 heteroatoms. The number of halogens is 6. The molecule has 4 aromatic rings. The average molecular weight is 856 g/mol. The van der Waals surface area contributed by atoms with Gasteiger partial charge in [-0.05, 0) is 24.3 Å². The molecule has 0 aliphatic heterocycles. The first-order valence-electron chi connectivity index (χ1n) is 14.9. The van der Waals surface area contributed by atoms with Gasteiger partial charge in [-0.2, -0.15) is 26.3 Å². The zero-order chi connectivity index (χ0) is 45.3. The van der Waals surface area contributed by atoms with Gasteiger partial charge in [-0.15, -0.1) is 0 Å². The van der Waals surface area contributed by atoms with Crippen molar-refractivity contribution in [2.24, 2.45) is 0 Å². The Kier molecular flexibility index (Phi) is 14.1. The Labute approximate surface area is 324 Å². The lowest BCUT2D eigenvalue weighted by Gasteiger charge is -2.11. The SMILES string of the molecule is O=C(Oc1ccc([N+](=O)[O-])c(C(F)(F)F)c1)C(=O)Oc1ccc([N+](=O)[O-])c(C(F)(F)F)c1.O=Cc1cc([N+](=O)[O-])ccc1OC(=O)C(=O)Oc1ccc([N+](=O)[O-])cc1C=O. The van der Waals surface area contributed by atoms with Crippen LogP contribution in [0, 0.1) is 40.5 Å². The van der Waals surface area contributed by atoms with E-state index in [2.05, 4.69) is 18.9 Å². The van der Waals surface area contributed by atoms with Crippen LogP contribution < -0.4 is 18.9 Å². The number of hydrogen-bond acceptors (Lipinski definition) is 18. The van der Waals surface area contributed by atoms with Gasteiger partial charge in [0.15, 0.2) is 12.6 Å². The molecule has 60 heavy (non-hydrogen) atoms. The monoisotopic (exact) mass is 856 g/mol. The lowest BCUT2D eigenvalue weighted by atomic mass is 10.1. The van der Waals surface area contributed by atoms with Gasteiger partial charge in [0.1, 0.15) is 34.1 Å². The van der Waals surface area contributed by atoms with Crippen molar-refractivity contribution >= 4 is 59.2 Å². The maximum absolute atomic E-state index is 12.9. The summed E-state index contributed by atoms with van der Waals surface area (Å²) in [5.41, 5.74) is -7.94. The molecule has 0 saturated carbocycles. The molecule has 0 fully saturated rings. The Bertz CT molecular complexity index is 2300. The molecule has 4 aromatic carbocycles. The molecule has 0 atom stereocenters. The molecule has 0 bridgehead atoms. The van der Waals surface area contributed by atoms with Crippen LogP contribution in [-0.4, -0.2) is 56.1 Å². The Morgan fingerprint density at radius 3 is 1.05 bits per heavy atom. The summed E-state index contributed by atoms with van der Waals surface area (Å²) in [6.07, 6.45) is -10.1. The third kappa shape index (κ3) is 11.7. The number of benzene rings is 4. The van der Waals surface area contributed by atoms with Gasteiger partial charge in [0.05, 0.1) is 30.8 Å². The Hall–Kier alpha value is -8.72. The van der Waals surface area contributed by atoms with Crippen LogP contribution in [0.15, 0.2) is 72.8 Å². The molecular weight excluding hydrogens is 842 g/mol. The third-order valence-corrected chi connectivity index (χ3v) is 6.76. The number of carbonyl (C=O) groups excluding carboxylic acids is 6. The van der Waals surface area contributed by atoms with Gasteiger partial charge >= 0.3 is 36.2 Å². The second kappa shape index (κ2) is 18.5. The third-order valence-electron chi connectivity index (χ3n) is 6.76. The number of hydrogen-bond donors (Lipinski definition) is 0. The maximum atomic E-state index is 12.9. The molecule has 4 rings (SSSR count). The van der Waals surface area contributed by atoms with Crippen molar-refractivity contribution in [3.8, 4) is 23.0 Å². The number of nitrogens with zero attached hydrogens (tertiary/aromatic N) is 4. The van der Waals surface area contributed by atoms with E-state index in [9.17, 15) is 95.6 Å². The second-order valence-electron chi connectivity index (χ2n) is 10.6. The van der Waals surface area contributed by atoms with E-state index in [1.807, 2.05) is 0 Å². The maximum Gasteiger partial charge on any atom is 0.423 e. The Morgan fingerprint density at radius 2 is 0.783 bits per heavy atom. The minimum Gasteiger partial charge on any atom is -0.418 e. The number of aldehydes is 2. The van der Waals surface area contributed by atoms with E-state index in [4.69, 9.17) is 0 Å². The standard InChI is InChI=1S/C16H6F6N2O8.C16H8N2O10/c17-15(18,19)9-5-7(1-3-11(9)23(27)28)31-13(25)14(26)32-8-2-4-12(24(29)30)10(6-8)16(20,21)22;19-7-9-5-11(17(23)24)1-3-13(9)27-15(21)16(22)28-14-4-2-12(18(25)26)6-10(14)8-20/h1-6H;1-8H. The molecule has 0 amide bonds. The fourth-order valence-corrected chi connectivity index (χ4v) is 4.18. The molecular formula is C32H14F6N4O18. The number of nitro benzene ring substituents is 4. The van der Waals surface area contributed by atoms with Gasteiger partial charge in [-0.3, -0.25) is 50.0 Å². The van der Waals surface area contributed by atoms with Crippen molar-refractivity contribution in [1.82, 2.24) is 0 Å². The number of non-ortho nitro benzene ring substituents is 2. The van der Waals surface area contributed by atoms with Crippen LogP contribution in [0.2, 0.25) is 0 Å². The Balaban J connectivity index is 0.000000323. The van der Waals surface area contributed by atoms with Gasteiger partial charge in [0.25, 0.3) is 22.7 Å². The lowest BCUT2D eigenvalue weighted by molar-refractivity contribution is -0.388. The van der Waals surface area contributed by atoms with E-state index in [1.54, 1.807) is 0 Å². The van der Waals surface area contributed by atoms with Gasteiger partial charge in [-0.25, -0.2) is 19.2 Å².